The highest BCUT2D eigenvalue weighted by molar-refractivity contribution is 6.49. The topological polar surface area (TPSA) is 128 Å². The van der Waals surface area contributed by atoms with Crippen molar-refractivity contribution in [2.45, 2.75) is 85.3 Å². The van der Waals surface area contributed by atoms with Crippen LogP contribution < -0.4 is 15.2 Å². The average molecular weight is 719 g/mol. The molecule has 0 spiro atoms. The molecule has 12 heteroatoms. The van der Waals surface area contributed by atoms with Gasteiger partial charge in [0.15, 0.2) is 5.83 Å². The van der Waals surface area contributed by atoms with E-state index in [4.69, 9.17) is 14.5 Å². The molecular formula is C40H52F2N6O4. The lowest BCUT2D eigenvalue weighted by molar-refractivity contribution is -0.0123. The van der Waals surface area contributed by atoms with Crippen molar-refractivity contribution in [3.05, 3.63) is 63.0 Å². The number of aryl methyl sites for hydroxylation is 1. The number of aliphatic hydroxyl groups is 1. The summed E-state index contributed by atoms with van der Waals surface area (Å²) in [4.78, 5) is 29.4. The third-order valence-corrected chi connectivity index (χ3v) is 10.3. The zero-order valence-corrected chi connectivity index (χ0v) is 31.5. The lowest BCUT2D eigenvalue weighted by atomic mass is 9.84. The molecule has 52 heavy (non-hydrogen) atoms. The molecule has 3 unspecified atom stereocenters. The first kappa shape index (κ1) is 37.7. The van der Waals surface area contributed by atoms with Gasteiger partial charge in [0, 0.05) is 30.1 Å². The van der Waals surface area contributed by atoms with Gasteiger partial charge in [-0.15, -0.1) is 0 Å². The number of aromatic nitrogens is 3. The fourth-order valence-electron chi connectivity index (χ4n) is 8.30. The Morgan fingerprint density at radius 2 is 1.98 bits per heavy atom. The van der Waals surface area contributed by atoms with E-state index >= 15 is 8.78 Å². The largest absolute Gasteiger partial charge is 0.461 e. The maximum Gasteiger partial charge on any atom is 0.319 e. The molecule has 3 fully saturated rings. The van der Waals surface area contributed by atoms with Crippen LogP contribution in [0.15, 0.2) is 29.1 Å². The average Bonchev–Trinajstić information content (AvgIpc) is 3.53. The Labute approximate surface area is 304 Å². The predicted octanol–water partition coefficient (Wildman–Crippen LogP) is 6.80. The first-order valence-electron chi connectivity index (χ1n) is 18.5. The van der Waals surface area contributed by atoms with Gasteiger partial charge in [-0.05, 0) is 74.9 Å². The van der Waals surface area contributed by atoms with Gasteiger partial charge in [-0.2, -0.15) is 9.97 Å². The van der Waals surface area contributed by atoms with Crippen molar-refractivity contribution in [2.24, 2.45) is 11.8 Å². The molecule has 2 aromatic heterocycles. The van der Waals surface area contributed by atoms with Crippen LogP contribution in [-0.4, -0.2) is 87.8 Å². The molecule has 0 saturated carbocycles. The van der Waals surface area contributed by atoms with Crippen LogP contribution >= 0.6 is 0 Å². The van der Waals surface area contributed by atoms with Crippen molar-refractivity contribution in [3.8, 4) is 6.01 Å². The van der Waals surface area contributed by atoms with Gasteiger partial charge in [-0.25, -0.2) is 8.78 Å². The van der Waals surface area contributed by atoms with Crippen molar-refractivity contribution in [1.82, 2.24) is 19.9 Å². The number of benzene rings is 1. The lowest BCUT2D eigenvalue weighted by Crippen LogP contribution is -2.44. The van der Waals surface area contributed by atoms with E-state index < -0.39 is 22.8 Å². The minimum Gasteiger partial charge on any atom is -0.461 e. The van der Waals surface area contributed by atoms with Crippen LogP contribution in [0.4, 0.5) is 14.6 Å². The summed E-state index contributed by atoms with van der Waals surface area (Å²) in [6, 6.07) is 4.13. The van der Waals surface area contributed by atoms with Crippen LogP contribution in [0, 0.1) is 23.1 Å². The summed E-state index contributed by atoms with van der Waals surface area (Å²) in [7, 11) is 0. The van der Waals surface area contributed by atoms with E-state index in [0.29, 0.717) is 53.4 Å². The molecule has 7 rings (SSSR count). The molecule has 3 saturated heterocycles. The lowest BCUT2D eigenvalue weighted by Gasteiger charge is -2.33. The van der Waals surface area contributed by atoms with Gasteiger partial charge in [-0.1, -0.05) is 46.8 Å². The van der Waals surface area contributed by atoms with E-state index in [1.807, 2.05) is 4.90 Å². The number of halogens is 2. The molecule has 3 N–H and O–H groups in total. The van der Waals surface area contributed by atoms with Crippen molar-refractivity contribution in [3.63, 3.8) is 0 Å². The van der Waals surface area contributed by atoms with Crippen molar-refractivity contribution in [1.29, 1.82) is 5.41 Å². The fraction of sp³-hybridized carbons (Fsp3) is 0.550. The second-order valence-electron chi connectivity index (χ2n) is 15.7. The smallest absolute Gasteiger partial charge is 0.319 e. The van der Waals surface area contributed by atoms with Crippen LogP contribution in [0.2, 0.25) is 0 Å². The summed E-state index contributed by atoms with van der Waals surface area (Å²) < 4.78 is 44.5. The van der Waals surface area contributed by atoms with Gasteiger partial charge < -0.3 is 24.5 Å². The number of aromatic amines is 1. The number of pyridine rings is 1. The number of fused-ring (bicyclic) bond motifs is 3. The fourth-order valence-corrected chi connectivity index (χ4v) is 8.30. The van der Waals surface area contributed by atoms with E-state index in [-0.39, 0.29) is 59.4 Å². The molecule has 0 radical (unpaired) electrons. The highest BCUT2D eigenvalue weighted by Crippen LogP contribution is 2.46. The molecule has 5 heterocycles. The summed E-state index contributed by atoms with van der Waals surface area (Å²) in [6.45, 7) is 17.2. The number of anilines is 1. The summed E-state index contributed by atoms with van der Waals surface area (Å²) in [6.07, 6.45) is 5.03. The molecule has 1 aromatic carbocycles. The van der Waals surface area contributed by atoms with Crippen LogP contribution in [0.1, 0.15) is 90.2 Å². The van der Waals surface area contributed by atoms with Crippen molar-refractivity contribution < 1.29 is 23.4 Å². The second kappa shape index (κ2) is 14.8. The number of hydrogen-bond acceptors (Lipinski definition) is 9. The first-order chi connectivity index (χ1) is 24.7. The van der Waals surface area contributed by atoms with Gasteiger partial charge >= 0.3 is 6.01 Å². The first-order valence-corrected chi connectivity index (χ1v) is 18.5. The maximum atomic E-state index is 17.3. The van der Waals surface area contributed by atoms with Gasteiger partial charge in [-0.3, -0.25) is 15.1 Å². The van der Waals surface area contributed by atoms with E-state index in [9.17, 15) is 15.3 Å². The highest BCUT2D eigenvalue weighted by atomic mass is 19.1. The van der Waals surface area contributed by atoms with Crippen LogP contribution in [0.25, 0.3) is 27.7 Å². The Kier molecular flexibility index (Phi) is 10.7. The van der Waals surface area contributed by atoms with Crippen LogP contribution in [0.5, 0.6) is 6.01 Å². The molecule has 280 valence electrons. The normalized spacial score (nSPS) is 25.8. The molecule has 3 aliphatic heterocycles. The molecule has 3 aromatic rings. The number of hydrogen-bond donors (Lipinski definition) is 3. The van der Waals surface area contributed by atoms with E-state index in [1.165, 1.54) is 18.2 Å². The number of H-pyrrole nitrogens is 1. The monoisotopic (exact) mass is 718 g/mol. The highest BCUT2D eigenvalue weighted by Gasteiger charge is 2.48. The Morgan fingerprint density at radius 1 is 1.23 bits per heavy atom. The number of nitrogens with one attached hydrogen (secondary N) is 2. The van der Waals surface area contributed by atoms with Gasteiger partial charge in [0.2, 0.25) is 5.56 Å². The summed E-state index contributed by atoms with van der Waals surface area (Å²) in [5.74, 6) is 0.349. The van der Waals surface area contributed by atoms with E-state index in [0.717, 1.165) is 38.3 Å². The zero-order chi connectivity index (χ0) is 37.5. The third-order valence-electron chi connectivity index (χ3n) is 10.3. The Balaban J connectivity index is 0.00000110. The SMILES string of the molecule is C/C=C1\C(=N)C(c2[nH]c(=O)cc3ccc(F)c(CC)c23)=C(F)c2nc(OCC34CCCN3CC(C)C4)nc(N3CCOCC(C)(O)C3)c21.CC(C)C. The zero-order valence-electron chi connectivity index (χ0n) is 31.5. The molecule has 3 atom stereocenters. The van der Waals surface area contributed by atoms with Crippen LogP contribution in [-0.2, 0) is 11.2 Å². The standard InChI is InChI=1S/C36H42F2N6O4.C4H10/c1-5-22-24(37)9-8-21-14-25(45)40-31(26(21)22)28-29(38)32-27(23(6-2)30(28)39)33(43-12-13-47-18-35(4,46)17-43)42-34(41-32)48-19-36-10-7-11-44(36)16-20(3)15-36;1-4(2)3/h6,8-9,14,20,39,46H,5,7,10-13,15-19H2,1-4H3,(H,40,45);4H,1-3H3/b23-6-,39-30?;. The number of allylic oxidation sites excluding steroid dienone is 3. The number of rotatable bonds is 6. The summed E-state index contributed by atoms with van der Waals surface area (Å²) in [5, 5.41) is 21.2. The predicted molar refractivity (Wildman–Crippen MR) is 202 cm³/mol. The van der Waals surface area contributed by atoms with Gasteiger partial charge in [0.05, 0.1) is 47.8 Å². The van der Waals surface area contributed by atoms with E-state index in [2.05, 4.69) is 42.6 Å². The van der Waals surface area contributed by atoms with Crippen LogP contribution in [0.3, 0.4) is 0 Å². The Bertz CT molecular complexity index is 1990. The molecule has 0 bridgehead atoms. The minimum absolute atomic E-state index is 0.0144. The van der Waals surface area contributed by atoms with Crippen molar-refractivity contribution >= 4 is 39.3 Å². The quantitative estimate of drug-likeness (QED) is 0.254. The number of ether oxygens (including phenoxy) is 2. The third kappa shape index (κ3) is 7.17. The second-order valence-corrected chi connectivity index (χ2v) is 15.7. The number of β-amino-alcohol motifs (C(OH)–C–C–N with tert-alkyl or cyclic N) is 1. The van der Waals surface area contributed by atoms with Gasteiger partial charge in [0.25, 0.3) is 0 Å². The number of nitrogens with zero attached hydrogens (tertiary/aromatic N) is 4. The van der Waals surface area contributed by atoms with Gasteiger partial charge in [0.1, 0.15) is 29.5 Å². The molecular weight excluding hydrogens is 666 g/mol. The summed E-state index contributed by atoms with van der Waals surface area (Å²) >= 11 is 0. The molecule has 0 amide bonds. The van der Waals surface area contributed by atoms with Crippen molar-refractivity contribution in [2.75, 3.05) is 50.9 Å². The molecule has 10 nitrogen and oxygen atoms in total. The molecule has 1 aliphatic carbocycles. The molecule has 4 aliphatic rings. The Morgan fingerprint density at radius 3 is 2.69 bits per heavy atom. The minimum atomic E-state index is -1.22. The van der Waals surface area contributed by atoms with E-state index in [1.54, 1.807) is 26.8 Å². The maximum absolute atomic E-state index is 17.3. The summed E-state index contributed by atoms with van der Waals surface area (Å²) in [5.41, 5.74) is -1.39. The Hall–Kier alpha value is -4.00.